The van der Waals surface area contributed by atoms with E-state index < -0.39 is 0 Å². The summed E-state index contributed by atoms with van der Waals surface area (Å²) in [7, 11) is 1.58. The van der Waals surface area contributed by atoms with Gasteiger partial charge in [0.2, 0.25) is 5.89 Å². The summed E-state index contributed by atoms with van der Waals surface area (Å²) in [5.41, 5.74) is 1.72. The maximum atomic E-state index is 11.3. The van der Waals surface area contributed by atoms with Gasteiger partial charge in [0.25, 0.3) is 5.69 Å². The van der Waals surface area contributed by atoms with Crippen LogP contribution in [-0.4, -0.2) is 53.3 Å². The maximum absolute atomic E-state index is 11.3. The van der Waals surface area contributed by atoms with Crippen LogP contribution in [0.25, 0.3) is 0 Å². The SMILES string of the molecule is COCc1noc(CN2CCN(c3ccc(C)cc3[N+](=O)[O-])CC2)n1. The second-order valence-electron chi connectivity index (χ2n) is 6.05. The Kier molecular flexibility index (Phi) is 5.25. The fourth-order valence-electron chi connectivity index (χ4n) is 2.93. The molecular weight excluding hydrogens is 326 g/mol. The highest BCUT2D eigenvalue weighted by Crippen LogP contribution is 2.30. The van der Waals surface area contributed by atoms with Crippen molar-refractivity contribution in [1.82, 2.24) is 15.0 Å². The summed E-state index contributed by atoms with van der Waals surface area (Å²) in [6.07, 6.45) is 0. The number of ether oxygens (including phenoxy) is 1. The lowest BCUT2D eigenvalue weighted by molar-refractivity contribution is -0.384. The smallest absolute Gasteiger partial charge is 0.292 e. The topological polar surface area (TPSA) is 97.8 Å². The van der Waals surface area contributed by atoms with Crippen LogP contribution >= 0.6 is 0 Å². The molecule has 1 aliphatic heterocycles. The van der Waals surface area contributed by atoms with Crippen LogP contribution in [0, 0.1) is 17.0 Å². The van der Waals surface area contributed by atoms with Gasteiger partial charge in [0.1, 0.15) is 12.3 Å². The first-order chi connectivity index (χ1) is 12.1. The van der Waals surface area contributed by atoms with E-state index >= 15 is 0 Å². The summed E-state index contributed by atoms with van der Waals surface area (Å²) in [6.45, 7) is 5.72. The zero-order chi connectivity index (χ0) is 17.8. The number of nitrogens with zero attached hydrogens (tertiary/aromatic N) is 5. The maximum Gasteiger partial charge on any atom is 0.292 e. The molecule has 2 heterocycles. The lowest BCUT2D eigenvalue weighted by Gasteiger charge is -2.35. The predicted octanol–water partition coefficient (Wildman–Crippen LogP) is 1.75. The van der Waals surface area contributed by atoms with Crippen LogP contribution < -0.4 is 4.90 Å². The average Bonchev–Trinajstić information content (AvgIpc) is 3.03. The fraction of sp³-hybridized carbons (Fsp3) is 0.500. The second-order valence-corrected chi connectivity index (χ2v) is 6.05. The number of aryl methyl sites for hydroxylation is 1. The molecule has 9 heteroatoms. The van der Waals surface area contributed by atoms with Crippen LogP contribution in [0.15, 0.2) is 22.7 Å². The van der Waals surface area contributed by atoms with Crippen molar-refractivity contribution in [2.24, 2.45) is 0 Å². The molecule has 3 rings (SSSR count). The average molecular weight is 347 g/mol. The molecule has 1 saturated heterocycles. The predicted molar refractivity (Wildman–Crippen MR) is 90.3 cm³/mol. The van der Waals surface area contributed by atoms with Crippen LogP contribution in [0.4, 0.5) is 11.4 Å². The van der Waals surface area contributed by atoms with E-state index in [0.29, 0.717) is 43.6 Å². The van der Waals surface area contributed by atoms with Crippen molar-refractivity contribution < 1.29 is 14.2 Å². The zero-order valence-electron chi connectivity index (χ0n) is 14.3. The van der Waals surface area contributed by atoms with E-state index in [9.17, 15) is 10.1 Å². The quantitative estimate of drug-likeness (QED) is 0.576. The van der Waals surface area contributed by atoms with Gasteiger partial charge in [0.15, 0.2) is 5.82 Å². The van der Waals surface area contributed by atoms with Crippen molar-refractivity contribution in [3.05, 3.63) is 45.6 Å². The van der Waals surface area contributed by atoms with Crippen LogP contribution in [-0.2, 0) is 17.9 Å². The molecule has 25 heavy (non-hydrogen) atoms. The third-order valence-electron chi connectivity index (χ3n) is 4.18. The van der Waals surface area contributed by atoms with Gasteiger partial charge in [-0.15, -0.1) is 0 Å². The number of methoxy groups -OCH3 is 1. The third-order valence-corrected chi connectivity index (χ3v) is 4.18. The molecule has 0 atom stereocenters. The molecule has 1 aromatic carbocycles. The molecule has 0 saturated carbocycles. The number of benzene rings is 1. The highest BCUT2D eigenvalue weighted by molar-refractivity contribution is 5.64. The van der Waals surface area contributed by atoms with Crippen molar-refractivity contribution >= 4 is 11.4 Å². The Morgan fingerprint density at radius 1 is 1.32 bits per heavy atom. The summed E-state index contributed by atoms with van der Waals surface area (Å²) >= 11 is 0. The van der Waals surface area contributed by atoms with Crippen molar-refractivity contribution in [1.29, 1.82) is 0 Å². The molecule has 0 bridgehead atoms. The number of aromatic nitrogens is 2. The summed E-state index contributed by atoms with van der Waals surface area (Å²) in [5.74, 6) is 1.09. The molecule has 0 unspecified atom stereocenters. The molecule has 1 aliphatic rings. The van der Waals surface area contributed by atoms with Gasteiger partial charge in [-0.05, 0) is 18.6 Å². The van der Waals surface area contributed by atoms with Gasteiger partial charge in [0, 0.05) is 39.4 Å². The molecule has 0 spiro atoms. The molecule has 0 aliphatic carbocycles. The first-order valence-electron chi connectivity index (χ1n) is 8.09. The lowest BCUT2D eigenvalue weighted by Crippen LogP contribution is -2.46. The minimum Gasteiger partial charge on any atom is -0.377 e. The van der Waals surface area contributed by atoms with Crippen LogP contribution in [0.2, 0.25) is 0 Å². The standard InChI is InChI=1S/C16H21N5O4/c1-12-3-4-13(14(9-12)21(22)23)20-7-5-19(6-8-20)10-16-17-15(11-24-2)18-25-16/h3-4,9H,5-8,10-11H2,1-2H3. The summed E-state index contributed by atoms with van der Waals surface area (Å²) in [4.78, 5) is 19.5. The van der Waals surface area contributed by atoms with Crippen LogP contribution in [0.1, 0.15) is 17.3 Å². The number of rotatable bonds is 6. The third kappa shape index (κ3) is 4.12. The molecule has 2 aromatic rings. The zero-order valence-corrected chi connectivity index (χ0v) is 14.3. The normalized spacial score (nSPS) is 15.5. The van der Waals surface area contributed by atoms with E-state index in [1.807, 2.05) is 19.1 Å². The lowest BCUT2D eigenvalue weighted by atomic mass is 10.1. The number of hydrogen-bond donors (Lipinski definition) is 0. The number of anilines is 1. The van der Waals surface area contributed by atoms with Gasteiger partial charge in [-0.1, -0.05) is 11.2 Å². The molecule has 0 N–H and O–H groups in total. The molecule has 1 fully saturated rings. The highest BCUT2D eigenvalue weighted by atomic mass is 16.6. The van der Waals surface area contributed by atoms with E-state index in [1.165, 1.54) is 0 Å². The number of nitro benzene ring substituents is 1. The molecule has 134 valence electrons. The number of hydrogen-bond acceptors (Lipinski definition) is 8. The first-order valence-corrected chi connectivity index (χ1v) is 8.09. The van der Waals surface area contributed by atoms with E-state index in [0.717, 1.165) is 18.7 Å². The molecule has 1 aromatic heterocycles. The van der Waals surface area contributed by atoms with E-state index in [-0.39, 0.29) is 10.6 Å². The Morgan fingerprint density at radius 3 is 2.76 bits per heavy atom. The van der Waals surface area contributed by atoms with Crippen molar-refractivity contribution in [3.63, 3.8) is 0 Å². The van der Waals surface area contributed by atoms with Gasteiger partial charge >= 0.3 is 0 Å². The van der Waals surface area contributed by atoms with E-state index in [2.05, 4.69) is 19.9 Å². The van der Waals surface area contributed by atoms with Gasteiger partial charge in [-0.25, -0.2) is 0 Å². The molecule has 0 radical (unpaired) electrons. The Balaban J connectivity index is 1.61. The summed E-state index contributed by atoms with van der Waals surface area (Å²) in [6, 6.07) is 5.36. The minimum atomic E-state index is -0.315. The fourth-order valence-corrected chi connectivity index (χ4v) is 2.93. The van der Waals surface area contributed by atoms with Crippen molar-refractivity contribution in [3.8, 4) is 0 Å². The Morgan fingerprint density at radius 2 is 2.08 bits per heavy atom. The summed E-state index contributed by atoms with van der Waals surface area (Å²) in [5, 5.41) is 15.2. The molecule has 0 amide bonds. The van der Waals surface area contributed by atoms with Crippen molar-refractivity contribution in [2.75, 3.05) is 38.2 Å². The molecule has 9 nitrogen and oxygen atoms in total. The summed E-state index contributed by atoms with van der Waals surface area (Å²) < 4.78 is 10.2. The van der Waals surface area contributed by atoms with Crippen LogP contribution in [0.3, 0.4) is 0 Å². The van der Waals surface area contributed by atoms with Crippen LogP contribution in [0.5, 0.6) is 0 Å². The highest BCUT2D eigenvalue weighted by Gasteiger charge is 2.24. The van der Waals surface area contributed by atoms with Gasteiger partial charge in [0.05, 0.1) is 11.5 Å². The largest absolute Gasteiger partial charge is 0.377 e. The van der Waals surface area contributed by atoms with E-state index in [4.69, 9.17) is 9.26 Å². The molecular formula is C16H21N5O4. The number of piperazine rings is 1. The van der Waals surface area contributed by atoms with E-state index in [1.54, 1.807) is 13.2 Å². The second kappa shape index (κ2) is 7.58. The Labute approximate surface area is 145 Å². The first kappa shape index (κ1) is 17.3. The monoisotopic (exact) mass is 347 g/mol. The number of nitro groups is 1. The van der Waals surface area contributed by atoms with Gasteiger partial charge in [-0.3, -0.25) is 15.0 Å². The van der Waals surface area contributed by atoms with Gasteiger partial charge in [-0.2, -0.15) is 4.98 Å². The minimum absolute atomic E-state index is 0.162. The van der Waals surface area contributed by atoms with Crippen molar-refractivity contribution in [2.45, 2.75) is 20.1 Å². The van der Waals surface area contributed by atoms with Gasteiger partial charge < -0.3 is 14.2 Å². The Hall–Kier alpha value is -2.52. The Bertz CT molecular complexity index is 740.